The number of carbonyl (C=O) groups excluding carboxylic acids is 2. The molecule has 47 heavy (non-hydrogen) atoms. The van der Waals surface area contributed by atoms with E-state index >= 15 is 13.2 Å². The Labute approximate surface area is 269 Å². The maximum atomic E-state index is 16.1. The molecule has 5 heterocycles. The van der Waals surface area contributed by atoms with Crippen LogP contribution in [-0.2, 0) is 11.3 Å². The van der Waals surface area contributed by atoms with Crippen LogP contribution in [0.2, 0.25) is 0 Å². The van der Waals surface area contributed by atoms with Crippen molar-refractivity contribution >= 4 is 33.9 Å². The second-order valence-corrected chi connectivity index (χ2v) is 14.6. The number of carbonyl (C=O) groups is 2. The predicted molar refractivity (Wildman–Crippen MR) is 169 cm³/mol. The Bertz CT molecular complexity index is 1970. The van der Waals surface area contributed by atoms with E-state index in [0.29, 0.717) is 53.1 Å². The van der Waals surface area contributed by atoms with Crippen LogP contribution in [0, 0.1) is 23.6 Å². The van der Waals surface area contributed by atoms with Crippen molar-refractivity contribution in [1.29, 1.82) is 0 Å². The summed E-state index contributed by atoms with van der Waals surface area (Å²) in [6.45, 7) is 1.82. The zero-order chi connectivity index (χ0) is 32.4. The van der Waals surface area contributed by atoms with Gasteiger partial charge >= 0.3 is 0 Å². The maximum Gasteiger partial charge on any atom is 0.265 e. The zero-order valence-electron chi connectivity index (χ0n) is 26.3. The highest BCUT2D eigenvalue weighted by atomic mass is 19.3. The van der Waals surface area contributed by atoms with Crippen molar-refractivity contribution in [3.63, 3.8) is 0 Å². The number of nitrogens with two attached hydrogens (primary N) is 1. The summed E-state index contributed by atoms with van der Waals surface area (Å²) in [5.74, 6) is -3.25. The van der Waals surface area contributed by atoms with Gasteiger partial charge in [-0.3, -0.25) is 9.59 Å². The number of nitrogens with one attached hydrogen (secondary N) is 1. The molecule has 2 amide bonds. The molecule has 0 radical (unpaired) electrons. The highest BCUT2D eigenvalue weighted by Gasteiger charge is 2.47. The summed E-state index contributed by atoms with van der Waals surface area (Å²) in [6, 6.07) is 7.82. The third-order valence-corrected chi connectivity index (χ3v) is 11.4. The first-order chi connectivity index (χ1) is 22.6. The van der Waals surface area contributed by atoms with Crippen LogP contribution >= 0.6 is 0 Å². The molecule has 0 spiro atoms. The van der Waals surface area contributed by atoms with Crippen LogP contribution in [0.5, 0.6) is 0 Å². The van der Waals surface area contributed by atoms with Crippen LogP contribution in [0.4, 0.5) is 13.2 Å². The van der Waals surface area contributed by atoms with Gasteiger partial charge in [0.05, 0.1) is 29.5 Å². The zero-order valence-corrected chi connectivity index (χ0v) is 26.3. The van der Waals surface area contributed by atoms with E-state index in [1.165, 1.54) is 10.6 Å². The molecule has 1 aromatic carbocycles. The molecule has 5 aliphatic rings. The summed E-state index contributed by atoms with van der Waals surface area (Å²) in [5, 5.41) is 3.72. The summed E-state index contributed by atoms with van der Waals surface area (Å²) in [6.07, 6.45) is 4.79. The number of hydrogen-bond acceptors (Lipinski definition) is 5. The fourth-order valence-electron chi connectivity index (χ4n) is 8.57. The van der Waals surface area contributed by atoms with Crippen molar-refractivity contribution in [2.45, 2.75) is 94.9 Å². The van der Waals surface area contributed by atoms with Gasteiger partial charge in [-0.25, -0.2) is 23.1 Å². The van der Waals surface area contributed by atoms with E-state index in [4.69, 9.17) is 15.7 Å². The molecule has 9 nitrogen and oxygen atoms in total. The van der Waals surface area contributed by atoms with Gasteiger partial charge in [0.2, 0.25) is 5.91 Å². The minimum Gasteiger partial charge on any atom is -0.348 e. The number of halogens is 3. The number of benzene rings is 1. The van der Waals surface area contributed by atoms with Crippen molar-refractivity contribution in [1.82, 2.24) is 29.3 Å². The number of hydrogen-bond donors (Lipinski definition) is 2. The summed E-state index contributed by atoms with van der Waals surface area (Å²) >= 11 is 0. The van der Waals surface area contributed by atoms with E-state index in [9.17, 15) is 9.59 Å². The third-order valence-electron chi connectivity index (χ3n) is 11.4. The second-order valence-electron chi connectivity index (χ2n) is 14.6. The quantitative estimate of drug-likeness (QED) is 0.296. The Morgan fingerprint density at radius 3 is 2.64 bits per heavy atom. The molecule has 246 valence electrons. The Morgan fingerprint density at radius 2 is 1.89 bits per heavy atom. The lowest BCUT2D eigenvalue weighted by Crippen LogP contribution is -2.41. The van der Waals surface area contributed by atoms with Crippen LogP contribution < -0.4 is 11.1 Å². The van der Waals surface area contributed by atoms with Gasteiger partial charge in [0.15, 0.2) is 5.82 Å². The highest BCUT2D eigenvalue weighted by Crippen LogP contribution is 2.46. The first kappa shape index (κ1) is 29.2. The summed E-state index contributed by atoms with van der Waals surface area (Å²) in [7, 11) is 0. The molecule has 0 unspecified atom stereocenters. The number of aromatic nitrogens is 4. The Hall–Kier alpha value is -3.93. The van der Waals surface area contributed by atoms with Crippen LogP contribution in [0.3, 0.4) is 0 Å². The number of amides is 2. The molecule has 3 aromatic heterocycles. The third kappa shape index (κ3) is 4.76. The van der Waals surface area contributed by atoms with Crippen molar-refractivity contribution in [3.8, 4) is 11.5 Å². The molecule has 4 aromatic rings. The van der Waals surface area contributed by atoms with Crippen molar-refractivity contribution < 1.29 is 22.8 Å². The minimum absolute atomic E-state index is 0.0339. The Morgan fingerprint density at radius 1 is 1.06 bits per heavy atom. The van der Waals surface area contributed by atoms with Crippen LogP contribution in [-0.4, -0.2) is 60.4 Å². The van der Waals surface area contributed by atoms with Crippen molar-refractivity contribution in [2.24, 2.45) is 23.5 Å². The summed E-state index contributed by atoms with van der Waals surface area (Å²) in [4.78, 5) is 38.0. The van der Waals surface area contributed by atoms with Gasteiger partial charge in [0, 0.05) is 48.0 Å². The molecule has 4 fully saturated rings. The van der Waals surface area contributed by atoms with Crippen LogP contribution in [0.1, 0.15) is 86.4 Å². The van der Waals surface area contributed by atoms with E-state index in [1.54, 1.807) is 17.0 Å². The molecule has 9 rings (SSSR count). The normalized spacial score (nSPS) is 30.1. The van der Waals surface area contributed by atoms with Gasteiger partial charge in [0.25, 0.3) is 11.8 Å². The molecule has 3 saturated carbocycles. The number of rotatable bonds is 3. The molecule has 2 aliphatic heterocycles. The predicted octanol–water partition coefficient (Wildman–Crippen LogP) is 5.72. The van der Waals surface area contributed by atoms with Crippen molar-refractivity contribution in [3.05, 3.63) is 47.4 Å². The van der Waals surface area contributed by atoms with Gasteiger partial charge in [-0.2, -0.15) is 0 Å². The number of likely N-dealkylation sites (tertiary alicyclic amines) is 1. The number of alkyl halides is 2. The molecular weight excluding hydrogens is 607 g/mol. The monoisotopic (exact) mass is 645 g/mol. The van der Waals surface area contributed by atoms with Gasteiger partial charge in [-0.05, 0) is 94.0 Å². The number of nitrogens with zero attached hydrogens (tertiary/aromatic N) is 5. The van der Waals surface area contributed by atoms with E-state index in [1.807, 2.05) is 23.6 Å². The number of piperidine rings is 1. The number of imidazole rings is 1. The first-order valence-electron chi connectivity index (χ1n) is 17.0. The van der Waals surface area contributed by atoms with Gasteiger partial charge in [-0.1, -0.05) is 0 Å². The first-order valence-corrected chi connectivity index (χ1v) is 17.0. The topological polar surface area (TPSA) is 111 Å². The Kier molecular flexibility index (Phi) is 6.39. The number of pyridine rings is 1. The molecule has 3 N–H and O–H groups in total. The van der Waals surface area contributed by atoms with E-state index in [-0.39, 0.29) is 65.2 Å². The summed E-state index contributed by atoms with van der Waals surface area (Å²) in [5.41, 5.74) is 8.53. The highest BCUT2D eigenvalue weighted by molar-refractivity contribution is 5.99. The Balaban J connectivity index is 1.17. The van der Waals surface area contributed by atoms with E-state index in [0.717, 1.165) is 32.1 Å². The molecule has 12 heteroatoms. The minimum atomic E-state index is -3.04. The lowest BCUT2D eigenvalue weighted by atomic mass is 10.1. The average Bonchev–Trinajstić information content (AvgIpc) is 3.91. The maximum absolute atomic E-state index is 16.1. The van der Waals surface area contributed by atoms with E-state index < -0.39 is 24.3 Å². The standard InChI is InChI=1S/C35H38F3N7O2/c1-17-25-8-4-19-14-28(44(31(19)41-25)16-35(37,38)10-2-3-18-11-23(18)33(46)40-17)32-42-26-13-21(12-24(36)30(26)45(32)22-6-7-22)34(47)43-15-20-5-9-27(43)29(20)39/h4,8,12-14,17-18,20,22-23,27,29H,2-3,5-7,9-11,15-16,39H2,1H3,(H,40,46)/t17-,18-,20-,23-,27-,29-/m1/s1. The average molecular weight is 646 g/mol. The fraction of sp³-hybridized carbons (Fsp3) is 0.543. The molecule has 3 aliphatic carbocycles. The second kappa shape index (κ2) is 10.3. The van der Waals surface area contributed by atoms with Gasteiger partial charge < -0.3 is 25.1 Å². The van der Waals surface area contributed by atoms with Crippen molar-refractivity contribution in [2.75, 3.05) is 6.54 Å². The SMILES string of the molecule is C[C@H]1NC(=O)[C@@H]2C[C@H]2CCCC(F)(F)Cn2c(-c3nc4cc(C(=O)N5C[C@H]6CC[C@@H]5[C@@H]6N)cc(F)c4n3C3CC3)cc3ccc1nc32. The number of fused-ring (bicyclic) bond motifs is 5. The van der Waals surface area contributed by atoms with Gasteiger partial charge in [0.1, 0.15) is 17.0 Å². The molecule has 1 saturated heterocycles. The van der Waals surface area contributed by atoms with Gasteiger partial charge in [-0.15, -0.1) is 0 Å². The fourth-order valence-corrected chi connectivity index (χ4v) is 8.57. The van der Waals surface area contributed by atoms with Crippen LogP contribution in [0.25, 0.3) is 33.6 Å². The summed E-state index contributed by atoms with van der Waals surface area (Å²) < 4.78 is 51.0. The largest absolute Gasteiger partial charge is 0.348 e. The smallest absolute Gasteiger partial charge is 0.265 e. The van der Waals surface area contributed by atoms with Crippen LogP contribution in [0.15, 0.2) is 30.3 Å². The lowest BCUT2D eigenvalue weighted by molar-refractivity contribution is -0.123. The molecule has 4 bridgehead atoms. The molecular formula is C35H38F3N7O2. The molecule has 6 atom stereocenters. The lowest BCUT2D eigenvalue weighted by Gasteiger charge is -2.27. The van der Waals surface area contributed by atoms with E-state index in [2.05, 4.69) is 5.32 Å².